The van der Waals surface area contributed by atoms with Crippen LogP contribution in [-0.2, 0) is 13.1 Å². The Labute approximate surface area is 165 Å². The summed E-state index contributed by atoms with van der Waals surface area (Å²) in [6, 6.07) is 22.8. The van der Waals surface area contributed by atoms with Gasteiger partial charge >= 0.3 is 0 Å². The molecule has 0 bridgehead atoms. The van der Waals surface area contributed by atoms with E-state index in [1.54, 1.807) is 0 Å². The minimum Gasteiger partial charge on any atom is -0.348 e. The van der Waals surface area contributed by atoms with Gasteiger partial charge in [-0.2, -0.15) is 0 Å². The Morgan fingerprint density at radius 1 is 0.571 bits per heavy atom. The van der Waals surface area contributed by atoms with Gasteiger partial charge in [0.15, 0.2) is 0 Å². The molecule has 0 aliphatic heterocycles. The van der Waals surface area contributed by atoms with E-state index in [1.165, 1.54) is 0 Å². The molecule has 0 aromatic heterocycles. The highest BCUT2D eigenvalue weighted by Crippen LogP contribution is 2.08. The second-order valence-electron chi connectivity index (χ2n) is 6.91. The second kappa shape index (κ2) is 9.00. The van der Waals surface area contributed by atoms with E-state index in [4.69, 9.17) is 0 Å². The molecule has 0 saturated heterocycles. The third-order valence-corrected chi connectivity index (χ3v) is 4.56. The lowest BCUT2D eigenvalue weighted by Gasteiger charge is -2.08. The minimum atomic E-state index is -0.0885. The average Bonchev–Trinajstić information content (AvgIpc) is 2.72. The maximum atomic E-state index is 12.2. The summed E-state index contributed by atoms with van der Waals surface area (Å²) in [6.45, 7) is 4.91. The van der Waals surface area contributed by atoms with Crippen LogP contribution in [0.4, 0.5) is 0 Å². The highest BCUT2D eigenvalue weighted by molar-refractivity contribution is 5.94. The van der Waals surface area contributed by atoms with Gasteiger partial charge in [0.2, 0.25) is 0 Å². The van der Waals surface area contributed by atoms with E-state index in [1.807, 2.05) is 86.6 Å². The van der Waals surface area contributed by atoms with Crippen LogP contribution in [-0.4, -0.2) is 11.8 Å². The summed E-state index contributed by atoms with van der Waals surface area (Å²) in [5.74, 6) is -0.177. The quantitative estimate of drug-likeness (QED) is 0.682. The van der Waals surface area contributed by atoms with Gasteiger partial charge in [0, 0.05) is 24.2 Å². The van der Waals surface area contributed by atoms with Crippen molar-refractivity contribution in [3.05, 3.63) is 106 Å². The van der Waals surface area contributed by atoms with Gasteiger partial charge in [0.05, 0.1) is 0 Å². The number of hydrogen-bond donors (Lipinski definition) is 2. The Morgan fingerprint density at radius 3 is 1.21 bits per heavy atom. The summed E-state index contributed by atoms with van der Waals surface area (Å²) >= 11 is 0. The van der Waals surface area contributed by atoms with Gasteiger partial charge in [-0.3, -0.25) is 9.59 Å². The highest BCUT2D eigenvalue weighted by Gasteiger charge is 2.06. The largest absolute Gasteiger partial charge is 0.348 e. The highest BCUT2D eigenvalue weighted by atomic mass is 16.2. The zero-order chi connectivity index (χ0) is 19.9. The Balaban J connectivity index is 1.49. The van der Waals surface area contributed by atoms with Crippen LogP contribution in [0.2, 0.25) is 0 Å². The lowest BCUT2D eigenvalue weighted by Crippen LogP contribution is -2.23. The van der Waals surface area contributed by atoms with Crippen molar-refractivity contribution in [1.82, 2.24) is 10.6 Å². The van der Waals surface area contributed by atoms with Crippen molar-refractivity contribution in [2.75, 3.05) is 0 Å². The molecule has 2 amide bonds. The van der Waals surface area contributed by atoms with E-state index in [-0.39, 0.29) is 11.8 Å². The van der Waals surface area contributed by atoms with Gasteiger partial charge in [-0.1, -0.05) is 59.7 Å². The molecule has 0 radical (unpaired) electrons. The Morgan fingerprint density at radius 2 is 0.893 bits per heavy atom. The van der Waals surface area contributed by atoms with Crippen molar-refractivity contribution in [3.63, 3.8) is 0 Å². The van der Waals surface area contributed by atoms with Crippen LogP contribution in [0, 0.1) is 13.8 Å². The van der Waals surface area contributed by atoms with E-state index in [0.29, 0.717) is 24.2 Å². The molecule has 0 fully saturated rings. The van der Waals surface area contributed by atoms with E-state index >= 15 is 0 Å². The predicted octanol–water partition coefficient (Wildman–Crippen LogP) is 4.16. The standard InChI is InChI=1S/C24H24N2O2/c1-17-3-11-21(12-4-17)23(27)25-15-19-7-9-20(10-8-19)16-26-24(28)22-13-5-18(2)6-14-22/h3-14H,15-16H2,1-2H3,(H,25,27)(H,26,28). The summed E-state index contributed by atoms with van der Waals surface area (Å²) in [4.78, 5) is 24.3. The smallest absolute Gasteiger partial charge is 0.251 e. The van der Waals surface area contributed by atoms with Gasteiger partial charge in [0.25, 0.3) is 11.8 Å². The molecular formula is C24H24N2O2. The van der Waals surface area contributed by atoms with Gasteiger partial charge in [-0.05, 0) is 49.2 Å². The number of nitrogens with one attached hydrogen (secondary N) is 2. The van der Waals surface area contributed by atoms with Crippen LogP contribution in [0.3, 0.4) is 0 Å². The van der Waals surface area contributed by atoms with Crippen LogP contribution >= 0.6 is 0 Å². The third kappa shape index (κ3) is 5.30. The van der Waals surface area contributed by atoms with Crippen LogP contribution in [0.5, 0.6) is 0 Å². The van der Waals surface area contributed by atoms with E-state index in [2.05, 4.69) is 10.6 Å². The molecular weight excluding hydrogens is 348 g/mol. The summed E-state index contributed by atoms with van der Waals surface area (Å²) in [6.07, 6.45) is 0. The van der Waals surface area contributed by atoms with Crippen LogP contribution in [0.15, 0.2) is 72.8 Å². The van der Waals surface area contributed by atoms with Crippen molar-refractivity contribution in [1.29, 1.82) is 0 Å². The average molecular weight is 372 g/mol. The predicted molar refractivity (Wildman–Crippen MR) is 111 cm³/mol. The zero-order valence-corrected chi connectivity index (χ0v) is 16.2. The molecule has 0 unspecified atom stereocenters. The van der Waals surface area contributed by atoms with Crippen molar-refractivity contribution >= 4 is 11.8 Å². The molecule has 4 heteroatoms. The van der Waals surface area contributed by atoms with E-state index < -0.39 is 0 Å². The number of carbonyl (C=O) groups excluding carboxylic acids is 2. The number of carbonyl (C=O) groups is 2. The molecule has 3 aromatic carbocycles. The second-order valence-corrected chi connectivity index (χ2v) is 6.91. The molecule has 28 heavy (non-hydrogen) atoms. The molecule has 0 saturated carbocycles. The normalized spacial score (nSPS) is 10.4. The first-order chi connectivity index (χ1) is 13.5. The molecule has 4 nitrogen and oxygen atoms in total. The fourth-order valence-corrected chi connectivity index (χ4v) is 2.75. The molecule has 3 aromatic rings. The summed E-state index contributed by atoms with van der Waals surface area (Å²) < 4.78 is 0. The fraction of sp³-hybridized carbons (Fsp3) is 0.167. The number of rotatable bonds is 6. The molecule has 2 N–H and O–H groups in total. The summed E-state index contributed by atoms with van der Waals surface area (Å²) in [7, 11) is 0. The summed E-state index contributed by atoms with van der Waals surface area (Å²) in [5, 5.41) is 5.84. The number of aryl methyl sites for hydroxylation is 2. The van der Waals surface area contributed by atoms with Crippen molar-refractivity contribution in [2.45, 2.75) is 26.9 Å². The lowest BCUT2D eigenvalue weighted by molar-refractivity contribution is 0.0942. The lowest BCUT2D eigenvalue weighted by atomic mass is 10.1. The van der Waals surface area contributed by atoms with Crippen molar-refractivity contribution in [3.8, 4) is 0 Å². The van der Waals surface area contributed by atoms with Crippen LogP contribution in [0.25, 0.3) is 0 Å². The van der Waals surface area contributed by atoms with Gasteiger partial charge in [0.1, 0.15) is 0 Å². The molecule has 142 valence electrons. The molecule has 0 heterocycles. The maximum absolute atomic E-state index is 12.2. The van der Waals surface area contributed by atoms with Crippen LogP contribution in [0.1, 0.15) is 43.0 Å². The number of benzene rings is 3. The Kier molecular flexibility index (Phi) is 6.22. The monoisotopic (exact) mass is 372 g/mol. The third-order valence-electron chi connectivity index (χ3n) is 4.56. The first-order valence-electron chi connectivity index (χ1n) is 9.29. The molecule has 0 atom stereocenters. The molecule has 3 rings (SSSR count). The van der Waals surface area contributed by atoms with E-state index in [0.717, 1.165) is 22.3 Å². The molecule has 0 aliphatic carbocycles. The Hall–Kier alpha value is -3.40. The summed E-state index contributed by atoms with van der Waals surface area (Å²) in [5.41, 5.74) is 5.58. The van der Waals surface area contributed by atoms with Gasteiger partial charge < -0.3 is 10.6 Å². The van der Waals surface area contributed by atoms with Crippen LogP contribution < -0.4 is 10.6 Å². The SMILES string of the molecule is Cc1ccc(C(=O)NCc2ccc(CNC(=O)c3ccc(C)cc3)cc2)cc1. The molecule has 0 spiro atoms. The van der Waals surface area contributed by atoms with Gasteiger partial charge in [-0.25, -0.2) is 0 Å². The van der Waals surface area contributed by atoms with E-state index in [9.17, 15) is 9.59 Å². The number of amides is 2. The number of hydrogen-bond acceptors (Lipinski definition) is 2. The fourth-order valence-electron chi connectivity index (χ4n) is 2.75. The van der Waals surface area contributed by atoms with Gasteiger partial charge in [-0.15, -0.1) is 0 Å². The zero-order valence-electron chi connectivity index (χ0n) is 16.2. The first-order valence-corrected chi connectivity index (χ1v) is 9.29. The van der Waals surface area contributed by atoms with Crippen molar-refractivity contribution in [2.24, 2.45) is 0 Å². The minimum absolute atomic E-state index is 0.0885. The first kappa shape index (κ1) is 19.4. The topological polar surface area (TPSA) is 58.2 Å². The Bertz CT molecular complexity index is 863. The molecule has 0 aliphatic rings. The van der Waals surface area contributed by atoms with Crippen molar-refractivity contribution < 1.29 is 9.59 Å². The maximum Gasteiger partial charge on any atom is 0.251 e.